The summed E-state index contributed by atoms with van der Waals surface area (Å²) in [6.07, 6.45) is 0.758. The molecule has 0 bridgehead atoms. The molecular weight excluding hydrogens is 340 g/mol. The van der Waals surface area contributed by atoms with Crippen molar-refractivity contribution in [2.24, 2.45) is 0 Å². The Labute approximate surface area is 154 Å². The molecule has 0 radical (unpaired) electrons. The van der Waals surface area contributed by atoms with E-state index in [9.17, 15) is 4.79 Å². The standard InChI is InChI=1S/C18H24N4O2.ClH/c1-3-13-10-18(23)21-17(20-13)12-22-9-8-19-11-15(22)14-6-4-5-7-16(14)24-2;/h4-7,10,15,19H,3,8-9,11-12H2,1-2H3,(H,20,21,23);1H. The molecule has 1 saturated heterocycles. The third-order valence-corrected chi connectivity index (χ3v) is 4.41. The van der Waals surface area contributed by atoms with Gasteiger partial charge >= 0.3 is 0 Å². The van der Waals surface area contributed by atoms with Gasteiger partial charge in [0.05, 0.1) is 19.7 Å². The number of hydrogen-bond donors (Lipinski definition) is 2. The Balaban J connectivity index is 0.00000225. The van der Waals surface area contributed by atoms with Crippen LogP contribution in [0.3, 0.4) is 0 Å². The Morgan fingerprint density at radius 2 is 2.16 bits per heavy atom. The fourth-order valence-corrected chi connectivity index (χ4v) is 3.20. The molecule has 1 atom stereocenters. The van der Waals surface area contributed by atoms with Gasteiger partial charge in [-0.05, 0) is 12.5 Å². The zero-order valence-corrected chi connectivity index (χ0v) is 15.4. The molecule has 3 rings (SSSR count). The molecule has 2 N–H and O–H groups in total. The van der Waals surface area contributed by atoms with Gasteiger partial charge in [0.25, 0.3) is 5.56 Å². The first-order chi connectivity index (χ1) is 11.7. The number of para-hydroxylation sites is 1. The topological polar surface area (TPSA) is 70.2 Å². The lowest BCUT2D eigenvalue weighted by Gasteiger charge is -2.36. The smallest absolute Gasteiger partial charge is 0.251 e. The molecule has 7 heteroatoms. The molecule has 0 amide bonds. The number of benzene rings is 1. The lowest BCUT2D eigenvalue weighted by Crippen LogP contribution is -2.46. The van der Waals surface area contributed by atoms with E-state index in [-0.39, 0.29) is 24.0 Å². The van der Waals surface area contributed by atoms with Gasteiger partial charge < -0.3 is 15.0 Å². The number of halogens is 1. The maximum atomic E-state index is 11.8. The first kappa shape index (κ1) is 19.4. The minimum absolute atomic E-state index is 0. The van der Waals surface area contributed by atoms with Gasteiger partial charge in [0.15, 0.2) is 0 Å². The molecule has 6 nitrogen and oxygen atoms in total. The van der Waals surface area contributed by atoms with E-state index in [0.29, 0.717) is 6.54 Å². The molecule has 1 aromatic heterocycles. The number of aromatic nitrogens is 2. The van der Waals surface area contributed by atoms with Crippen molar-refractivity contribution in [2.45, 2.75) is 25.9 Å². The maximum Gasteiger partial charge on any atom is 0.251 e. The Bertz CT molecular complexity index is 750. The van der Waals surface area contributed by atoms with Crippen LogP contribution in [0.25, 0.3) is 0 Å². The van der Waals surface area contributed by atoms with Crippen LogP contribution in [0.1, 0.15) is 30.0 Å². The molecule has 1 aromatic carbocycles. The number of nitrogens with zero attached hydrogens (tertiary/aromatic N) is 2. The molecule has 0 spiro atoms. The lowest BCUT2D eigenvalue weighted by molar-refractivity contribution is 0.147. The highest BCUT2D eigenvalue weighted by molar-refractivity contribution is 5.85. The van der Waals surface area contributed by atoms with Crippen molar-refractivity contribution in [1.82, 2.24) is 20.2 Å². The molecule has 2 heterocycles. The van der Waals surface area contributed by atoms with Crippen molar-refractivity contribution >= 4 is 12.4 Å². The second kappa shape index (κ2) is 8.99. The van der Waals surface area contributed by atoms with Gasteiger partial charge in [-0.1, -0.05) is 25.1 Å². The van der Waals surface area contributed by atoms with Crippen LogP contribution in [-0.4, -0.2) is 41.6 Å². The zero-order chi connectivity index (χ0) is 16.9. The van der Waals surface area contributed by atoms with E-state index >= 15 is 0 Å². The Morgan fingerprint density at radius 1 is 1.36 bits per heavy atom. The molecule has 136 valence electrons. The third-order valence-electron chi connectivity index (χ3n) is 4.41. The first-order valence-corrected chi connectivity index (χ1v) is 8.38. The number of hydrogen-bond acceptors (Lipinski definition) is 5. The monoisotopic (exact) mass is 364 g/mol. The van der Waals surface area contributed by atoms with E-state index in [1.165, 1.54) is 0 Å². The summed E-state index contributed by atoms with van der Waals surface area (Å²) in [4.78, 5) is 21.6. The van der Waals surface area contributed by atoms with Crippen LogP contribution in [0.4, 0.5) is 0 Å². The minimum atomic E-state index is -0.0826. The lowest BCUT2D eigenvalue weighted by atomic mass is 10.0. The Hall–Kier alpha value is -1.89. The van der Waals surface area contributed by atoms with Crippen LogP contribution >= 0.6 is 12.4 Å². The predicted molar refractivity (Wildman–Crippen MR) is 100 cm³/mol. The summed E-state index contributed by atoms with van der Waals surface area (Å²) in [6, 6.07) is 9.85. The molecule has 25 heavy (non-hydrogen) atoms. The number of nitrogens with one attached hydrogen (secondary N) is 2. The maximum absolute atomic E-state index is 11.8. The van der Waals surface area contributed by atoms with E-state index in [1.54, 1.807) is 13.2 Å². The van der Waals surface area contributed by atoms with Crippen LogP contribution in [-0.2, 0) is 13.0 Å². The highest BCUT2D eigenvalue weighted by Gasteiger charge is 2.26. The van der Waals surface area contributed by atoms with Gasteiger partial charge in [-0.15, -0.1) is 12.4 Å². The van der Waals surface area contributed by atoms with E-state index in [2.05, 4.69) is 26.3 Å². The number of methoxy groups -OCH3 is 1. The van der Waals surface area contributed by atoms with Crippen LogP contribution in [0.5, 0.6) is 5.75 Å². The van der Waals surface area contributed by atoms with E-state index in [4.69, 9.17) is 4.74 Å². The van der Waals surface area contributed by atoms with Crippen LogP contribution < -0.4 is 15.6 Å². The van der Waals surface area contributed by atoms with Gasteiger partial charge in [0.1, 0.15) is 11.6 Å². The SMILES string of the molecule is CCc1cc(=O)[nH]c(CN2CCNCC2c2ccccc2OC)n1.Cl. The van der Waals surface area contributed by atoms with Gasteiger partial charge in [-0.3, -0.25) is 9.69 Å². The molecular formula is C18H25ClN4O2. The first-order valence-electron chi connectivity index (χ1n) is 8.38. The summed E-state index contributed by atoms with van der Waals surface area (Å²) in [6.45, 7) is 5.28. The summed E-state index contributed by atoms with van der Waals surface area (Å²) in [7, 11) is 1.70. The number of rotatable bonds is 5. The summed E-state index contributed by atoms with van der Waals surface area (Å²) in [5.74, 6) is 1.61. The van der Waals surface area contributed by atoms with Crippen molar-refractivity contribution in [3.05, 3.63) is 57.8 Å². The fraction of sp³-hybridized carbons (Fsp3) is 0.444. The second-order valence-corrected chi connectivity index (χ2v) is 5.97. The Kier molecular flexibility index (Phi) is 6.99. The molecule has 1 fully saturated rings. The average molecular weight is 365 g/mol. The van der Waals surface area contributed by atoms with Gasteiger partial charge in [-0.25, -0.2) is 4.98 Å². The number of aromatic amines is 1. The van der Waals surface area contributed by atoms with Crippen LogP contribution in [0.2, 0.25) is 0 Å². The summed E-state index contributed by atoms with van der Waals surface area (Å²) >= 11 is 0. The van der Waals surface area contributed by atoms with Crippen LogP contribution in [0.15, 0.2) is 35.1 Å². The molecule has 0 aliphatic carbocycles. The minimum Gasteiger partial charge on any atom is -0.496 e. The van der Waals surface area contributed by atoms with Crippen molar-refractivity contribution in [3.8, 4) is 5.75 Å². The molecule has 1 aliphatic heterocycles. The molecule has 1 unspecified atom stereocenters. The number of aryl methyl sites for hydroxylation is 1. The highest BCUT2D eigenvalue weighted by atomic mass is 35.5. The molecule has 2 aromatic rings. The number of H-pyrrole nitrogens is 1. The van der Waals surface area contributed by atoms with Gasteiger partial charge in [0, 0.05) is 37.0 Å². The summed E-state index contributed by atoms with van der Waals surface area (Å²) in [5, 5.41) is 3.44. The van der Waals surface area contributed by atoms with Crippen molar-refractivity contribution in [2.75, 3.05) is 26.7 Å². The Morgan fingerprint density at radius 3 is 2.92 bits per heavy atom. The van der Waals surface area contributed by atoms with Crippen molar-refractivity contribution in [1.29, 1.82) is 0 Å². The average Bonchev–Trinajstić information content (AvgIpc) is 2.61. The van der Waals surface area contributed by atoms with E-state index in [0.717, 1.165) is 48.9 Å². The summed E-state index contributed by atoms with van der Waals surface area (Å²) in [5.41, 5.74) is 1.90. The largest absolute Gasteiger partial charge is 0.496 e. The predicted octanol–water partition coefficient (Wildman–Crippen LogP) is 1.91. The zero-order valence-electron chi connectivity index (χ0n) is 14.6. The van der Waals surface area contributed by atoms with Crippen molar-refractivity contribution < 1.29 is 4.74 Å². The molecule has 0 saturated carbocycles. The van der Waals surface area contributed by atoms with Crippen LogP contribution in [0, 0.1) is 0 Å². The van der Waals surface area contributed by atoms with Gasteiger partial charge in [-0.2, -0.15) is 0 Å². The van der Waals surface area contributed by atoms with E-state index < -0.39 is 0 Å². The number of piperazine rings is 1. The fourth-order valence-electron chi connectivity index (χ4n) is 3.20. The second-order valence-electron chi connectivity index (χ2n) is 5.97. The normalized spacial score (nSPS) is 17.8. The third kappa shape index (κ3) is 4.60. The van der Waals surface area contributed by atoms with E-state index in [1.807, 2.05) is 25.1 Å². The number of ether oxygens (including phenoxy) is 1. The quantitative estimate of drug-likeness (QED) is 0.848. The summed E-state index contributed by atoms with van der Waals surface area (Å²) < 4.78 is 5.52. The van der Waals surface area contributed by atoms with Crippen molar-refractivity contribution in [3.63, 3.8) is 0 Å². The highest BCUT2D eigenvalue weighted by Crippen LogP contribution is 2.30. The molecule has 1 aliphatic rings. The van der Waals surface area contributed by atoms with Gasteiger partial charge in [0.2, 0.25) is 0 Å².